The smallest absolute Gasteiger partial charge is 0.115 e. The van der Waals surface area contributed by atoms with Crippen LogP contribution in [0.5, 0.6) is 5.75 Å². The molecule has 0 saturated carbocycles. The molecule has 0 spiro atoms. The van der Waals surface area contributed by atoms with E-state index in [-0.39, 0.29) is 12.3 Å². The molecule has 0 saturated heterocycles. The van der Waals surface area contributed by atoms with E-state index in [4.69, 9.17) is 0 Å². The van der Waals surface area contributed by atoms with Crippen LogP contribution in [0.2, 0.25) is 0 Å². The van der Waals surface area contributed by atoms with Gasteiger partial charge in [0, 0.05) is 22.3 Å². The van der Waals surface area contributed by atoms with Gasteiger partial charge in [0.25, 0.3) is 0 Å². The zero-order valence-corrected chi connectivity index (χ0v) is 11.1. The van der Waals surface area contributed by atoms with Gasteiger partial charge in [0.2, 0.25) is 0 Å². The van der Waals surface area contributed by atoms with E-state index < -0.39 is 0 Å². The summed E-state index contributed by atoms with van der Waals surface area (Å²) in [5.41, 5.74) is 3.93. The van der Waals surface area contributed by atoms with Gasteiger partial charge in [0.1, 0.15) is 12.3 Å². The van der Waals surface area contributed by atoms with Crippen molar-refractivity contribution in [3.05, 3.63) is 64.7 Å². The Morgan fingerprint density at radius 2 is 1.80 bits per heavy atom. The van der Waals surface area contributed by atoms with Crippen LogP contribution < -0.4 is 0 Å². The van der Waals surface area contributed by atoms with Crippen molar-refractivity contribution in [3.63, 3.8) is 0 Å². The maximum absolute atomic E-state index is 10.7. The van der Waals surface area contributed by atoms with Gasteiger partial charge in [-0.1, -0.05) is 23.4 Å². The van der Waals surface area contributed by atoms with Crippen LogP contribution in [0.25, 0.3) is 16.6 Å². The van der Waals surface area contributed by atoms with Crippen LogP contribution in [0.3, 0.4) is 0 Å². The highest BCUT2D eigenvalue weighted by Crippen LogP contribution is 2.30. The van der Waals surface area contributed by atoms with Gasteiger partial charge in [0.05, 0.1) is 5.52 Å². The zero-order chi connectivity index (χ0) is 14.1. The summed E-state index contributed by atoms with van der Waals surface area (Å²) in [5.74, 6) is 0.234. The van der Waals surface area contributed by atoms with Crippen LogP contribution in [0.4, 0.5) is 0 Å². The third kappa shape index (κ3) is 1.86. The minimum atomic E-state index is 0.164. The molecular formula is C16H14N2O2. The van der Waals surface area contributed by atoms with E-state index >= 15 is 0 Å². The summed E-state index contributed by atoms with van der Waals surface area (Å²) in [6.07, 6.45) is 0. The number of phenols is 1. The van der Waals surface area contributed by atoms with Crippen LogP contribution in [0, 0.1) is 11.8 Å². The number of benzene rings is 2. The van der Waals surface area contributed by atoms with Crippen molar-refractivity contribution in [2.45, 2.75) is 13.5 Å². The molecule has 4 nitrogen and oxygen atoms in total. The molecule has 100 valence electrons. The number of aromatic hydroxyl groups is 1. The van der Waals surface area contributed by atoms with Gasteiger partial charge in [-0.2, -0.15) is 4.91 Å². The molecule has 0 fully saturated rings. The molecule has 0 radical (unpaired) electrons. The minimum absolute atomic E-state index is 0.164. The number of aromatic nitrogens is 1. The van der Waals surface area contributed by atoms with Gasteiger partial charge in [-0.3, -0.25) is 0 Å². The van der Waals surface area contributed by atoms with Crippen LogP contribution in [-0.2, 0) is 6.54 Å². The maximum Gasteiger partial charge on any atom is 0.115 e. The van der Waals surface area contributed by atoms with Crippen molar-refractivity contribution < 1.29 is 5.11 Å². The van der Waals surface area contributed by atoms with Crippen molar-refractivity contribution in [1.29, 1.82) is 0 Å². The maximum atomic E-state index is 10.7. The fourth-order valence-electron chi connectivity index (χ4n) is 2.63. The quantitative estimate of drug-likeness (QED) is 0.731. The topological polar surface area (TPSA) is 54.6 Å². The molecule has 2 aromatic carbocycles. The summed E-state index contributed by atoms with van der Waals surface area (Å²) in [6, 6.07) is 15.0. The standard InChI is InChI=1S/C16H14N2O2/c1-11-15(10-17-20)14-4-2-3-5-16(14)18(11)12-6-8-13(19)9-7-12/h2-9,19H,10H2,1H3. The van der Waals surface area contributed by atoms with Crippen molar-refractivity contribution in [1.82, 2.24) is 4.57 Å². The highest BCUT2D eigenvalue weighted by atomic mass is 16.3. The Morgan fingerprint density at radius 1 is 1.10 bits per heavy atom. The highest BCUT2D eigenvalue weighted by Gasteiger charge is 2.14. The Bertz CT molecular complexity index is 773. The van der Waals surface area contributed by atoms with Gasteiger partial charge >= 0.3 is 0 Å². The molecular weight excluding hydrogens is 252 g/mol. The second-order valence-corrected chi connectivity index (χ2v) is 4.72. The summed E-state index contributed by atoms with van der Waals surface area (Å²) >= 11 is 0. The van der Waals surface area contributed by atoms with Crippen LogP contribution in [-0.4, -0.2) is 9.67 Å². The molecule has 0 bridgehead atoms. The predicted octanol–water partition coefficient (Wildman–Crippen LogP) is 3.91. The molecule has 0 aliphatic carbocycles. The van der Waals surface area contributed by atoms with E-state index in [1.54, 1.807) is 12.1 Å². The lowest BCUT2D eigenvalue weighted by Crippen LogP contribution is -1.96. The van der Waals surface area contributed by atoms with Gasteiger partial charge in [-0.25, -0.2) is 0 Å². The molecule has 3 rings (SSSR count). The third-order valence-electron chi connectivity index (χ3n) is 3.57. The van der Waals surface area contributed by atoms with Crippen LogP contribution in [0.15, 0.2) is 53.7 Å². The largest absolute Gasteiger partial charge is 0.508 e. The Balaban J connectivity index is 2.32. The average molecular weight is 266 g/mol. The fraction of sp³-hybridized carbons (Fsp3) is 0.125. The highest BCUT2D eigenvalue weighted by molar-refractivity contribution is 5.87. The third-order valence-corrected chi connectivity index (χ3v) is 3.57. The number of rotatable bonds is 3. The molecule has 4 heteroatoms. The summed E-state index contributed by atoms with van der Waals surface area (Å²) in [5, 5.41) is 13.5. The van der Waals surface area contributed by atoms with E-state index in [1.807, 2.05) is 43.3 Å². The van der Waals surface area contributed by atoms with E-state index in [0.29, 0.717) is 0 Å². The molecule has 1 N–H and O–H groups in total. The molecule has 0 atom stereocenters. The molecule has 0 aliphatic rings. The monoisotopic (exact) mass is 266 g/mol. The van der Waals surface area contributed by atoms with Gasteiger partial charge in [-0.05, 0) is 37.3 Å². The first kappa shape index (κ1) is 12.4. The first-order chi connectivity index (χ1) is 9.72. The summed E-state index contributed by atoms with van der Waals surface area (Å²) in [4.78, 5) is 10.7. The number of nitroso groups, excluding NO2 is 1. The number of hydrogen-bond acceptors (Lipinski definition) is 3. The number of fused-ring (bicyclic) bond motifs is 1. The molecule has 1 aromatic heterocycles. The van der Waals surface area contributed by atoms with Gasteiger partial charge in [-0.15, -0.1) is 0 Å². The van der Waals surface area contributed by atoms with Crippen LogP contribution in [0.1, 0.15) is 11.3 Å². The van der Waals surface area contributed by atoms with Crippen molar-refractivity contribution in [2.24, 2.45) is 5.18 Å². The molecule has 20 heavy (non-hydrogen) atoms. The first-order valence-electron chi connectivity index (χ1n) is 6.40. The summed E-state index contributed by atoms with van der Waals surface area (Å²) in [6.45, 7) is 2.14. The second kappa shape index (κ2) is 4.81. The zero-order valence-electron chi connectivity index (χ0n) is 11.1. The number of phenolic OH excluding ortho intramolecular Hbond substituents is 1. The lowest BCUT2D eigenvalue weighted by molar-refractivity contribution is 0.475. The van der Waals surface area contributed by atoms with Gasteiger partial charge in [0.15, 0.2) is 0 Å². The molecule has 0 aliphatic heterocycles. The predicted molar refractivity (Wildman–Crippen MR) is 79.2 cm³/mol. The first-order valence-corrected chi connectivity index (χ1v) is 6.40. The lowest BCUT2D eigenvalue weighted by Gasteiger charge is -2.08. The van der Waals surface area contributed by atoms with Crippen molar-refractivity contribution >= 4 is 10.9 Å². The van der Waals surface area contributed by atoms with Crippen molar-refractivity contribution in [3.8, 4) is 11.4 Å². The fourth-order valence-corrected chi connectivity index (χ4v) is 2.63. The average Bonchev–Trinajstić information content (AvgIpc) is 2.74. The summed E-state index contributed by atoms with van der Waals surface area (Å²) in [7, 11) is 0. The van der Waals surface area contributed by atoms with Crippen LogP contribution >= 0.6 is 0 Å². The number of hydrogen-bond donors (Lipinski definition) is 1. The Kier molecular flexibility index (Phi) is 2.99. The lowest BCUT2D eigenvalue weighted by atomic mass is 10.1. The van der Waals surface area contributed by atoms with E-state index in [0.717, 1.165) is 27.8 Å². The van der Waals surface area contributed by atoms with E-state index in [2.05, 4.69) is 9.74 Å². The normalized spacial score (nSPS) is 10.8. The minimum Gasteiger partial charge on any atom is -0.508 e. The summed E-state index contributed by atoms with van der Waals surface area (Å²) < 4.78 is 2.08. The Hall–Kier alpha value is -2.62. The number of nitrogens with zero attached hydrogens (tertiary/aromatic N) is 2. The molecule has 0 unspecified atom stereocenters. The van der Waals surface area contributed by atoms with E-state index in [9.17, 15) is 10.0 Å². The van der Waals surface area contributed by atoms with Crippen molar-refractivity contribution in [2.75, 3.05) is 0 Å². The SMILES string of the molecule is Cc1c(CN=O)c2ccccc2n1-c1ccc(O)cc1. The van der Waals surface area contributed by atoms with E-state index in [1.165, 1.54) is 0 Å². The molecule has 0 amide bonds. The number of para-hydroxylation sites is 1. The Morgan fingerprint density at radius 3 is 2.50 bits per heavy atom. The molecule has 3 aromatic rings. The van der Waals surface area contributed by atoms with Gasteiger partial charge < -0.3 is 9.67 Å². The molecule has 1 heterocycles. The second-order valence-electron chi connectivity index (χ2n) is 4.72. The Labute approximate surface area is 116 Å².